The fourth-order valence-electron chi connectivity index (χ4n) is 2.99. The van der Waals surface area contributed by atoms with Crippen LogP contribution in [0.3, 0.4) is 0 Å². The van der Waals surface area contributed by atoms with Crippen LogP contribution >= 0.6 is 7.82 Å². The molecule has 10 nitrogen and oxygen atoms in total. The molecule has 0 aromatic heterocycles. The van der Waals surface area contributed by atoms with E-state index in [9.17, 15) is 24.2 Å². The van der Waals surface area contributed by atoms with Crippen molar-refractivity contribution in [3.8, 4) is 0 Å². The van der Waals surface area contributed by atoms with E-state index in [2.05, 4.69) is 18.4 Å². The smallest absolute Gasteiger partial charge is 0.462 e. The largest absolute Gasteiger partial charge is 0.472 e. The summed E-state index contributed by atoms with van der Waals surface area (Å²) < 4.78 is 31.9. The molecule has 0 aromatic carbocycles. The highest BCUT2D eigenvalue weighted by Gasteiger charge is 2.27. The van der Waals surface area contributed by atoms with Crippen LogP contribution in [0.2, 0.25) is 0 Å². The number of hydrogen-bond acceptors (Lipinski definition) is 9. The minimum absolute atomic E-state index is 0.182. The van der Waals surface area contributed by atoms with Gasteiger partial charge in [0.15, 0.2) is 6.10 Å². The van der Waals surface area contributed by atoms with E-state index in [0.29, 0.717) is 12.8 Å². The minimum Gasteiger partial charge on any atom is -0.462 e. The summed E-state index contributed by atoms with van der Waals surface area (Å²) in [6.07, 6.45) is 8.92. The van der Waals surface area contributed by atoms with E-state index in [1.165, 1.54) is 6.42 Å². The predicted molar refractivity (Wildman–Crippen MR) is 127 cm³/mol. The van der Waals surface area contributed by atoms with Crippen molar-refractivity contribution in [1.29, 1.82) is 0 Å². The molecule has 0 heterocycles. The number of aliphatic hydroxyl groups is 2. The van der Waals surface area contributed by atoms with Gasteiger partial charge in [-0.2, -0.15) is 0 Å². The van der Waals surface area contributed by atoms with Crippen LogP contribution in [-0.4, -0.2) is 65.7 Å². The fourth-order valence-corrected chi connectivity index (χ4v) is 3.78. The van der Waals surface area contributed by atoms with Crippen LogP contribution in [0.5, 0.6) is 0 Å². The first kappa shape index (κ1) is 33.0. The monoisotopic (exact) mass is 512 g/mol. The van der Waals surface area contributed by atoms with E-state index in [1.54, 1.807) is 0 Å². The van der Waals surface area contributed by atoms with Crippen LogP contribution in [0.1, 0.15) is 97.3 Å². The van der Waals surface area contributed by atoms with Crippen molar-refractivity contribution in [2.45, 2.75) is 110 Å². The SMILES string of the molecule is CCCCCCCCC(=O)OC[C@@H](COP(=O)(O)OC[C@H](O)CO)OC(=O)CCCCCCC. The Balaban J connectivity index is 4.57. The number of hydrogen-bond donors (Lipinski definition) is 3. The predicted octanol–water partition coefficient (Wildman–Crippen LogP) is 4.04. The lowest BCUT2D eigenvalue weighted by Gasteiger charge is -2.20. The first-order chi connectivity index (χ1) is 16.2. The third-order valence-electron chi connectivity index (χ3n) is 5.01. The maximum Gasteiger partial charge on any atom is 0.472 e. The number of rotatable bonds is 23. The van der Waals surface area contributed by atoms with Gasteiger partial charge in [0.1, 0.15) is 12.7 Å². The van der Waals surface area contributed by atoms with Gasteiger partial charge in [0.05, 0.1) is 19.8 Å². The molecule has 0 saturated heterocycles. The Hall–Kier alpha value is -1.03. The lowest BCUT2D eigenvalue weighted by atomic mass is 10.1. The minimum atomic E-state index is -4.57. The Bertz CT molecular complexity index is 572. The molecule has 3 N–H and O–H groups in total. The summed E-state index contributed by atoms with van der Waals surface area (Å²) in [6, 6.07) is 0. The highest BCUT2D eigenvalue weighted by molar-refractivity contribution is 7.47. The summed E-state index contributed by atoms with van der Waals surface area (Å²) in [7, 11) is -4.57. The number of esters is 2. The first-order valence-electron chi connectivity index (χ1n) is 12.5. The number of aliphatic hydroxyl groups excluding tert-OH is 2. The van der Waals surface area contributed by atoms with E-state index in [-0.39, 0.29) is 19.4 Å². The Kier molecular flexibility index (Phi) is 20.6. The molecule has 0 aliphatic carbocycles. The second kappa shape index (κ2) is 21.3. The topological polar surface area (TPSA) is 149 Å². The standard InChI is InChI=1S/C23H45O10P/c1-3-5-7-9-11-12-14-22(26)30-18-21(33-23(27)15-13-10-8-6-4-2)19-32-34(28,29)31-17-20(25)16-24/h20-21,24-25H,3-19H2,1-2H3,(H,28,29)/t20-,21+/m1/s1. The molecule has 1 unspecified atom stereocenters. The van der Waals surface area contributed by atoms with Crippen molar-refractivity contribution in [2.24, 2.45) is 0 Å². The molecule has 0 rings (SSSR count). The summed E-state index contributed by atoms with van der Waals surface area (Å²) in [6.45, 7) is 2.13. The Morgan fingerprint density at radius 2 is 1.26 bits per heavy atom. The van der Waals surface area contributed by atoms with E-state index in [4.69, 9.17) is 19.1 Å². The Morgan fingerprint density at radius 1 is 0.765 bits per heavy atom. The molecule has 0 bridgehead atoms. The maximum atomic E-state index is 12.2. The van der Waals surface area contributed by atoms with Crippen LogP contribution in [0.25, 0.3) is 0 Å². The van der Waals surface area contributed by atoms with Gasteiger partial charge in [-0.3, -0.25) is 18.6 Å². The highest BCUT2D eigenvalue weighted by Crippen LogP contribution is 2.43. The zero-order chi connectivity index (χ0) is 25.7. The van der Waals surface area contributed by atoms with Gasteiger partial charge in [-0.15, -0.1) is 0 Å². The third kappa shape index (κ3) is 20.4. The third-order valence-corrected chi connectivity index (χ3v) is 5.96. The molecule has 0 spiro atoms. The van der Waals surface area contributed by atoms with Gasteiger partial charge in [0, 0.05) is 12.8 Å². The van der Waals surface area contributed by atoms with Crippen LogP contribution in [-0.2, 0) is 32.7 Å². The second-order valence-electron chi connectivity index (χ2n) is 8.37. The van der Waals surface area contributed by atoms with Crippen LogP contribution in [0.4, 0.5) is 0 Å². The van der Waals surface area contributed by atoms with E-state index < -0.39 is 51.8 Å². The van der Waals surface area contributed by atoms with E-state index >= 15 is 0 Å². The molecule has 11 heteroatoms. The van der Waals surface area contributed by atoms with Crippen molar-refractivity contribution in [3.63, 3.8) is 0 Å². The van der Waals surface area contributed by atoms with Gasteiger partial charge in [0.25, 0.3) is 0 Å². The zero-order valence-electron chi connectivity index (χ0n) is 20.8. The van der Waals surface area contributed by atoms with E-state index in [1.807, 2.05) is 0 Å². The molecule has 0 fully saturated rings. The number of carbonyl (C=O) groups is 2. The summed E-state index contributed by atoms with van der Waals surface area (Å²) in [5, 5.41) is 18.0. The van der Waals surface area contributed by atoms with Crippen LogP contribution < -0.4 is 0 Å². The highest BCUT2D eigenvalue weighted by atomic mass is 31.2. The molecule has 0 amide bonds. The lowest BCUT2D eigenvalue weighted by Crippen LogP contribution is -2.29. The maximum absolute atomic E-state index is 12.2. The fraction of sp³-hybridized carbons (Fsp3) is 0.913. The average molecular weight is 513 g/mol. The number of phosphoric acid groups is 1. The van der Waals surface area contributed by atoms with Crippen molar-refractivity contribution in [3.05, 3.63) is 0 Å². The van der Waals surface area contributed by atoms with Gasteiger partial charge in [-0.1, -0.05) is 71.6 Å². The molecular formula is C23H45O10P. The quantitative estimate of drug-likeness (QED) is 0.104. The molecule has 34 heavy (non-hydrogen) atoms. The molecule has 0 aliphatic heterocycles. The molecule has 3 atom stereocenters. The summed E-state index contributed by atoms with van der Waals surface area (Å²) in [4.78, 5) is 33.9. The molecule has 202 valence electrons. The normalized spacial score (nSPS) is 14.9. The Labute approximate surface area is 203 Å². The van der Waals surface area contributed by atoms with Gasteiger partial charge in [-0.25, -0.2) is 4.57 Å². The van der Waals surface area contributed by atoms with Crippen molar-refractivity contribution >= 4 is 19.8 Å². The lowest BCUT2D eigenvalue weighted by molar-refractivity contribution is -0.161. The molecular weight excluding hydrogens is 467 g/mol. The van der Waals surface area contributed by atoms with Gasteiger partial charge < -0.3 is 24.6 Å². The summed E-state index contributed by atoms with van der Waals surface area (Å²) in [5.41, 5.74) is 0. The van der Waals surface area contributed by atoms with Gasteiger partial charge in [-0.05, 0) is 12.8 Å². The Morgan fingerprint density at radius 3 is 1.82 bits per heavy atom. The van der Waals surface area contributed by atoms with Crippen molar-refractivity contribution < 1.29 is 47.8 Å². The summed E-state index contributed by atoms with van der Waals surface area (Å²) in [5.74, 6) is -0.952. The van der Waals surface area contributed by atoms with Crippen molar-refractivity contribution in [2.75, 3.05) is 26.4 Å². The van der Waals surface area contributed by atoms with Crippen LogP contribution in [0, 0.1) is 0 Å². The first-order valence-corrected chi connectivity index (χ1v) is 14.0. The molecule has 0 aliphatic rings. The molecule has 0 radical (unpaired) electrons. The van der Waals surface area contributed by atoms with Gasteiger partial charge >= 0.3 is 19.8 Å². The average Bonchev–Trinajstić information content (AvgIpc) is 2.81. The number of unbranched alkanes of at least 4 members (excludes halogenated alkanes) is 9. The molecule has 0 saturated carbocycles. The number of carbonyl (C=O) groups excluding carboxylic acids is 2. The number of phosphoric ester groups is 1. The van der Waals surface area contributed by atoms with Gasteiger partial charge in [0.2, 0.25) is 0 Å². The van der Waals surface area contributed by atoms with Crippen molar-refractivity contribution in [1.82, 2.24) is 0 Å². The zero-order valence-corrected chi connectivity index (χ0v) is 21.7. The van der Waals surface area contributed by atoms with E-state index in [0.717, 1.165) is 51.4 Å². The van der Waals surface area contributed by atoms with Crippen LogP contribution in [0.15, 0.2) is 0 Å². The summed E-state index contributed by atoms with van der Waals surface area (Å²) >= 11 is 0. The second-order valence-corrected chi connectivity index (χ2v) is 9.83. The number of ether oxygens (including phenoxy) is 2. The molecule has 0 aromatic rings.